The van der Waals surface area contributed by atoms with Crippen LogP contribution in [0.2, 0.25) is 5.02 Å². The fourth-order valence-corrected chi connectivity index (χ4v) is 4.09. The predicted molar refractivity (Wildman–Crippen MR) is 115 cm³/mol. The van der Waals surface area contributed by atoms with Gasteiger partial charge < -0.3 is 15.4 Å². The van der Waals surface area contributed by atoms with E-state index in [1.807, 2.05) is 24.3 Å². The van der Waals surface area contributed by atoms with Crippen LogP contribution in [0.4, 0.5) is 11.6 Å². The number of nitrogens with one attached hydrogen (secondary N) is 2. The smallest absolute Gasteiger partial charge is 0.133 e. The van der Waals surface area contributed by atoms with Gasteiger partial charge in [-0.3, -0.25) is 4.79 Å². The molecular formula is C22H27ClN4O2. The van der Waals surface area contributed by atoms with E-state index >= 15 is 0 Å². The van der Waals surface area contributed by atoms with Gasteiger partial charge in [0.25, 0.3) is 0 Å². The second-order valence-corrected chi connectivity index (χ2v) is 8.26. The zero-order valence-electron chi connectivity index (χ0n) is 16.5. The first-order valence-electron chi connectivity index (χ1n) is 10.4. The highest BCUT2D eigenvalue weighted by Crippen LogP contribution is 2.30. The molecule has 1 aliphatic heterocycles. The number of rotatable bonds is 6. The Morgan fingerprint density at radius 1 is 1.10 bits per heavy atom. The number of ether oxygens (including phenoxy) is 1. The van der Waals surface area contributed by atoms with Crippen molar-refractivity contribution < 1.29 is 9.53 Å². The van der Waals surface area contributed by atoms with Crippen molar-refractivity contribution >= 4 is 29.0 Å². The third-order valence-corrected chi connectivity index (χ3v) is 5.99. The Labute approximate surface area is 176 Å². The van der Waals surface area contributed by atoms with Crippen molar-refractivity contribution in [3.8, 4) is 11.3 Å². The molecule has 154 valence electrons. The molecule has 1 saturated heterocycles. The minimum Gasteiger partial charge on any atom is -0.381 e. The van der Waals surface area contributed by atoms with Crippen LogP contribution in [-0.4, -0.2) is 41.6 Å². The number of nitrogens with zero attached hydrogens (tertiary/aromatic N) is 2. The average Bonchev–Trinajstić information content (AvgIpc) is 2.76. The molecule has 6 nitrogen and oxygen atoms in total. The first kappa shape index (κ1) is 20.1. The van der Waals surface area contributed by atoms with E-state index in [1.54, 1.807) is 6.20 Å². The van der Waals surface area contributed by atoms with Gasteiger partial charge >= 0.3 is 0 Å². The summed E-state index contributed by atoms with van der Waals surface area (Å²) in [5.41, 5.74) is 1.67. The van der Waals surface area contributed by atoms with Crippen LogP contribution in [-0.2, 0) is 9.53 Å². The molecule has 1 saturated carbocycles. The summed E-state index contributed by atoms with van der Waals surface area (Å²) in [6.45, 7) is 2.59. The van der Waals surface area contributed by atoms with Crippen molar-refractivity contribution in [1.82, 2.24) is 9.97 Å². The molecule has 29 heavy (non-hydrogen) atoms. The molecule has 0 amide bonds. The largest absolute Gasteiger partial charge is 0.381 e. The van der Waals surface area contributed by atoms with Gasteiger partial charge in [0.05, 0.1) is 10.7 Å². The standard InChI is InChI=1S/C22H27ClN4O2/c23-19-14-25-22(26-16-4-6-17(28)7-5-16)12-18(19)20-2-1-3-21(27-20)24-13-15-8-10-29-11-9-15/h1-3,12,14-16H,4-11,13H2,(H,24,27)(H,25,26). The van der Waals surface area contributed by atoms with Gasteiger partial charge in [0, 0.05) is 50.4 Å². The van der Waals surface area contributed by atoms with Gasteiger partial charge in [0.1, 0.15) is 17.4 Å². The number of carbonyl (C=O) groups is 1. The maximum absolute atomic E-state index is 11.4. The van der Waals surface area contributed by atoms with Crippen molar-refractivity contribution in [1.29, 1.82) is 0 Å². The normalized spacial score (nSPS) is 18.6. The summed E-state index contributed by atoms with van der Waals surface area (Å²) >= 11 is 6.43. The SMILES string of the molecule is O=C1CCC(Nc2cc(-c3cccc(NCC4CCOCC4)n3)c(Cl)cn2)CC1. The molecule has 4 rings (SSSR count). The molecule has 7 heteroatoms. The van der Waals surface area contributed by atoms with Crippen LogP contribution in [0, 0.1) is 5.92 Å². The lowest BCUT2D eigenvalue weighted by atomic mass is 9.94. The highest BCUT2D eigenvalue weighted by Gasteiger charge is 2.19. The molecule has 0 radical (unpaired) electrons. The van der Waals surface area contributed by atoms with Crippen LogP contribution in [0.3, 0.4) is 0 Å². The van der Waals surface area contributed by atoms with E-state index in [-0.39, 0.29) is 6.04 Å². The van der Waals surface area contributed by atoms with E-state index in [4.69, 9.17) is 21.3 Å². The fourth-order valence-electron chi connectivity index (χ4n) is 3.89. The molecular weight excluding hydrogens is 388 g/mol. The number of hydrogen-bond donors (Lipinski definition) is 2. The van der Waals surface area contributed by atoms with Gasteiger partial charge in [0.2, 0.25) is 0 Å². The van der Waals surface area contributed by atoms with Crippen molar-refractivity contribution in [3.05, 3.63) is 35.5 Å². The minimum absolute atomic E-state index is 0.273. The highest BCUT2D eigenvalue weighted by molar-refractivity contribution is 6.33. The topological polar surface area (TPSA) is 76.1 Å². The lowest BCUT2D eigenvalue weighted by Gasteiger charge is -2.23. The van der Waals surface area contributed by atoms with Gasteiger partial charge in [-0.05, 0) is 49.8 Å². The average molecular weight is 415 g/mol. The van der Waals surface area contributed by atoms with E-state index in [2.05, 4.69) is 15.6 Å². The Balaban J connectivity index is 1.45. The van der Waals surface area contributed by atoms with Gasteiger partial charge in [-0.2, -0.15) is 0 Å². The monoisotopic (exact) mass is 414 g/mol. The second-order valence-electron chi connectivity index (χ2n) is 7.85. The van der Waals surface area contributed by atoms with Crippen LogP contribution in [0.25, 0.3) is 11.3 Å². The molecule has 2 aromatic rings. The number of ketones is 1. The van der Waals surface area contributed by atoms with Crippen LogP contribution < -0.4 is 10.6 Å². The Bertz CT molecular complexity index is 844. The number of halogens is 1. The second kappa shape index (κ2) is 9.55. The number of carbonyl (C=O) groups excluding carboxylic acids is 1. The van der Waals surface area contributed by atoms with Crippen LogP contribution in [0.1, 0.15) is 38.5 Å². The van der Waals surface area contributed by atoms with Crippen molar-refractivity contribution in [3.63, 3.8) is 0 Å². The summed E-state index contributed by atoms with van der Waals surface area (Å²) < 4.78 is 5.43. The summed E-state index contributed by atoms with van der Waals surface area (Å²) in [5.74, 6) is 2.59. The summed E-state index contributed by atoms with van der Waals surface area (Å²) in [4.78, 5) is 20.6. The van der Waals surface area contributed by atoms with E-state index < -0.39 is 0 Å². The third kappa shape index (κ3) is 5.46. The first-order chi connectivity index (χ1) is 14.2. The van der Waals surface area contributed by atoms with E-state index in [0.29, 0.717) is 29.6 Å². The molecule has 0 aromatic carbocycles. The van der Waals surface area contributed by atoms with Gasteiger partial charge in [-0.15, -0.1) is 0 Å². The van der Waals surface area contributed by atoms with Crippen molar-refractivity contribution in [2.24, 2.45) is 5.92 Å². The molecule has 3 heterocycles. The Morgan fingerprint density at radius 3 is 2.69 bits per heavy atom. The van der Waals surface area contributed by atoms with Crippen molar-refractivity contribution in [2.45, 2.75) is 44.6 Å². The zero-order valence-corrected chi connectivity index (χ0v) is 17.3. The highest BCUT2D eigenvalue weighted by atomic mass is 35.5. The third-order valence-electron chi connectivity index (χ3n) is 5.69. The Hall–Kier alpha value is -2.18. The Kier molecular flexibility index (Phi) is 6.62. The molecule has 2 aromatic heterocycles. The lowest BCUT2D eigenvalue weighted by molar-refractivity contribution is -0.120. The lowest BCUT2D eigenvalue weighted by Crippen LogP contribution is -2.26. The summed E-state index contributed by atoms with van der Waals surface area (Å²) in [6, 6.07) is 8.16. The van der Waals surface area contributed by atoms with E-state index in [1.165, 1.54) is 0 Å². The first-order valence-corrected chi connectivity index (χ1v) is 10.8. The van der Waals surface area contributed by atoms with Crippen LogP contribution in [0.15, 0.2) is 30.5 Å². The summed E-state index contributed by atoms with van der Waals surface area (Å²) in [5, 5.41) is 7.47. The minimum atomic E-state index is 0.273. The predicted octanol–water partition coefficient (Wildman–Crippen LogP) is 4.56. The number of anilines is 2. The Morgan fingerprint density at radius 2 is 1.90 bits per heavy atom. The summed E-state index contributed by atoms with van der Waals surface area (Å²) in [6.07, 6.45) is 6.82. The molecule has 0 spiro atoms. The molecule has 0 atom stereocenters. The van der Waals surface area contributed by atoms with E-state index in [0.717, 1.165) is 68.3 Å². The molecule has 1 aliphatic carbocycles. The molecule has 0 unspecified atom stereocenters. The molecule has 2 fully saturated rings. The van der Waals surface area contributed by atoms with Crippen LogP contribution in [0.5, 0.6) is 0 Å². The van der Waals surface area contributed by atoms with Gasteiger partial charge in [-0.1, -0.05) is 17.7 Å². The molecule has 2 N–H and O–H groups in total. The summed E-state index contributed by atoms with van der Waals surface area (Å²) in [7, 11) is 0. The van der Waals surface area contributed by atoms with Gasteiger partial charge in [0.15, 0.2) is 0 Å². The van der Waals surface area contributed by atoms with Crippen LogP contribution >= 0.6 is 11.6 Å². The molecule has 2 aliphatic rings. The zero-order chi connectivity index (χ0) is 20.1. The number of hydrogen-bond acceptors (Lipinski definition) is 6. The number of aromatic nitrogens is 2. The maximum atomic E-state index is 11.4. The van der Waals surface area contributed by atoms with E-state index in [9.17, 15) is 4.79 Å². The quantitative estimate of drug-likeness (QED) is 0.721. The molecule has 0 bridgehead atoms. The maximum Gasteiger partial charge on any atom is 0.133 e. The van der Waals surface area contributed by atoms with Gasteiger partial charge in [-0.25, -0.2) is 9.97 Å². The fraction of sp³-hybridized carbons (Fsp3) is 0.500. The van der Waals surface area contributed by atoms with Crippen molar-refractivity contribution in [2.75, 3.05) is 30.4 Å². The number of Topliss-reactive ketones (excluding diaryl/α,β-unsaturated/α-hetero) is 1. The number of pyridine rings is 2.